The average molecular weight is 432 g/mol. The van der Waals surface area contributed by atoms with Gasteiger partial charge in [0.05, 0.1) is 7.11 Å². The number of aromatic nitrogens is 3. The molecule has 2 aromatic carbocycles. The highest BCUT2D eigenvalue weighted by molar-refractivity contribution is 7.14. The molecule has 0 bridgehead atoms. The van der Waals surface area contributed by atoms with Gasteiger partial charge in [-0.15, -0.1) is 0 Å². The largest absolute Gasteiger partial charge is 0.497 e. The van der Waals surface area contributed by atoms with Gasteiger partial charge in [-0.25, -0.2) is 9.97 Å². The van der Waals surface area contributed by atoms with Crippen molar-refractivity contribution in [1.82, 2.24) is 19.2 Å². The predicted octanol–water partition coefficient (Wildman–Crippen LogP) is 3.72. The first-order chi connectivity index (χ1) is 15.2. The van der Waals surface area contributed by atoms with Crippen LogP contribution in [0.2, 0.25) is 0 Å². The molecule has 1 aliphatic rings. The topological polar surface area (TPSA) is 71.5 Å². The fourth-order valence-corrected chi connectivity index (χ4v) is 4.67. The van der Waals surface area contributed by atoms with E-state index < -0.39 is 0 Å². The van der Waals surface area contributed by atoms with Crippen molar-refractivity contribution in [3.8, 4) is 17.0 Å². The lowest BCUT2D eigenvalue weighted by atomic mass is 10.1. The summed E-state index contributed by atoms with van der Waals surface area (Å²) in [7, 11) is 1.62. The molecule has 4 aromatic rings. The van der Waals surface area contributed by atoms with E-state index in [1.807, 2.05) is 59.5 Å². The van der Waals surface area contributed by atoms with Gasteiger partial charge in [-0.05, 0) is 35.8 Å². The van der Waals surface area contributed by atoms with E-state index in [-0.39, 0.29) is 5.91 Å². The molecule has 0 N–H and O–H groups in total. The van der Waals surface area contributed by atoms with Crippen LogP contribution in [0.5, 0.6) is 5.75 Å². The number of carbonyl (C=O) groups is 1. The van der Waals surface area contributed by atoms with Crippen molar-refractivity contribution >= 4 is 33.5 Å². The summed E-state index contributed by atoms with van der Waals surface area (Å²) in [6.07, 6.45) is 1.60. The molecule has 1 amide bonds. The first-order valence-electron chi connectivity index (χ1n) is 10.1. The highest BCUT2D eigenvalue weighted by Gasteiger charge is 2.25. The van der Waals surface area contributed by atoms with Crippen LogP contribution in [0.3, 0.4) is 0 Å². The van der Waals surface area contributed by atoms with Crippen molar-refractivity contribution in [2.24, 2.45) is 0 Å². The number of amides is 1. The molecular formula is C23H21N5O2S. The summed E-state index contributed by atoms with van der Waals surface area (Å²) in [5, 5.41) is 0. The number of carbonyl (C=O) groups excluding carboxylic acids is 1. The Balaban J connectivity index is 1.33. The summed E-state index contributed by atoms with van der Waals surface area (Å²) in [4.78, 5) is 26.0. The molecule has 1 saturated heterocycles. The van der Waals surface area contributed by atoms with Crippen molar-refractivity contribution in [2.75, 3.05) is 38.2 Å². The molecule has 156 valence electrons. The molecule has 7 nitrogen and oxygen atoms in total. The van der Waals surface area contributed by atoms with E-state index in [1.54, 1.807) is 13.4 Å². The SMILES string of the molecule is COc1ccc(C(=O)N2CCN(c3ncnc4c(-c5ccccc5)nsc34)CC2)cc1. The lowest BCUT2D eigenvalue weighted by Gasteiger charge is -2.35. The number of hydrogen-bond donors (Lipinski definition) is 0. The maximum atomic E-state index is 12.8. The number of benzene rings is 2. The van der Waals surface area contributed by atoms with E-state index in [0.29, 0.717) is 31.7 Å². The van der Waals surface area contributed by atoms with E-state index in [2.05, 4.69) is 19.2 Å². The molecule has 31 heavy (non-hydrogen) atoms. The number of hydrogen-bond acceptors (Lipinski definition) is 7. The Morgan fingerprint density at radius 3 is 2.42 bits per heavy atom. The summed E-state index contributed by atoms with van der Waals surface area (Å²) >= 11 is 1.43. The Morgan fingerprint density at radius 1 is 0.968 bits per heavy atom. The Bertz CT molecular complexity index is 1200. The van der Waals surface area contributed by atoms with E-state index in [9.17, 15) is 4.79 Å². The number of fused-ring (bicyclic) bond motifs is 1. The van der Waals surface area contributed by atoms with E-state index in [4.69, 9.17) is 4.74 Å². The van der Waals surface area contributed by atoms with Crippen LogP contribution in [-0.2, 0) is 0 Å². The summed E-state index contributed by atoms with van der Waals surface area (Å²) < 4.78 is 10.8. The summed E-state index contributed by atoms with van der Waals surface area (Å²) in [5.41, 5.74) is 3.48. The maximum Gasteiger partial charge on any atom is 0.253 e. The van der Waals surface area contributed by atoms with Gasteiger partial charge in [-0.3, -0.25) is 4.79 Å². The Hall–Kier alpha value is -3.52. The molecule has 0 spiro atoms. The fraction of sp³-hybridized carbons (Fsp3) is 0.217. The third kappa shape index (κ3) is 3.70. The fourth-order valence-electron chi connectivity index (χ4n) is 3.80. The summed E-state index contributed by atoms with van der Waals surface area (Å²) in [6, 6.07) is 17.3. The standard InChI is InChI=1S/C23H21N5O2S/c1-30-18-9-7-17(8-10-18)23(29)28-13-11-27(12-14-28)22-21-20(24-15-25-22)19(26-31-21)16-5-3-2-4-6-16/h2-10,15H,11-14H2,1H3. The van der Waals surface area contributed by atoms with Crippen molar-refractivity contribution in [1.29, 1.82) is 0 Å². The monoisotopic (exact) mass is 431 g/mol. The molecule has 0 atom stereocenters. The number of anilines is 1. The van der Waals surface area contributed by atoms with Gasteiger partial charge in [0, 0.05) is 37.3 Å². The zero-order chi connectivity index (χ0) is 21.2. The van der Waals surface area contributed by atoms with Crippen LogP contribution in [0, 0.1) is 0 Å². The molecule has 5 rings (SSSR count). The molecule has 1 aliphatic heterocycles. The lowest BCUT2D eigenvalue weighted by Crippen LogP contribution is -2.49. The van der Waals surface area contributed by atoms with Gasteiger partial charge in [-0.2, -0.15) is 4.37 Å². The van der Waals surface area contributed by atoms with Gasteiger partial charge in [0.1, 0.15) is 28.0 Å². The van der Waals surface area contributed by atoms with Crippen LogP contribution in [0.25, 0.3) is 21.5 Å². The quantitative estimate of drug-likeness (QED) is 0.490. The second-order valence-electron chi connectivity index (χ2n) is 7.28. The van der Waals surface area contributed by atoms with Gasteiger partial charge in [0.15, 0.2) is 5.82 Å². The average Bonchev–Trinajstić information content (AvgIpc) is 3.29. The minimum absolute atomic E-state index is 0.0410. The molecule has 1 fully saturated rings. The molecule has 8 heteroatoms. The van der Waals surface area contributed by atoms with Crippen molar-refractivity contribution in [3.63, 3.8) is 0 Å². The van der Waals surface area contributed by atoms with Crippen LogP contribution in [0.15, 0.2) is 60.9 Å². The number of ether oxygens (including phenoxy) is 1. The summed E-state index contributed by atoms with van der Waals surface area (Å²) in [6.45, 7) is 2.71. The van der Waals surface area contributed by atoms with Gasteiger partial charge in [0.2, 0.25) is 0 Å². The van der Waals surface area contributed by atoms with Crippen molar-refractivity contribution < 1.29 is 9.53 Å². The van der Waals surface area contributed by atoms with Crippen LogP contribution in [-0.4, -0.2) is 58.4 Å². The number of rotatable bonds is 4. The smallest absolute Gasteiger partial charge is 0.253 e. The van der Waals surface area contributed by atoms with Gasteiger partial charge in [-0.1, -0.05) is 30.3 Å². The third-order valence-electron chi connectivity index (χ3n) is 5.49. The van der Waals surface area contributed by atoms with Crippen molar-refractivity contribution in [2.45, 2.75) is 0 Å². The zero-order valence-electron chi connectivity index (χ0n) is 17.1. The maximum absolute atomic E-state index is 12.8. The Labute approximate surface area is 184 Å². The van der Waals surface area contributed by atoms with Gasteiger partial charge in [0.25, 0.3) is 5.91 Å². The van der Waals surface area contributed by atoms with E-state index in [1.165, 1.54) is 11.5 Å². The minimum atomic E-state index is 0.0410. The molecule has 0 saturated carbocycles. The van der Waals surface area contributed by atoms with Crippen LogP contribution < -0.4 is 9.64 Å². The Morgan fingerprint density at radius 2 is 1.71 bits per heavy atom. The van der Waals surface area contributed by atoms with Crippen molar-refractivity contribution in [3.05, 3.63) is 66.5 Å². The molecule has 0 unspecified atom stereocenters. The molecule has 3 heterocycles. The molecular weight excluding hydrogens is 410 g/mol. The van der Waals surface area contributed by atoms with E-state index in [0.717, 1.165) is 33.0 Å². The third-order valence-corrected chi connectivity index (χ3v) is 6.32. The van der Waals surface area contributed by atoms with Crippen LogP contribution in [0.4, 0.5) is 5.82 Å². The number of nitrogens with zero attached hydrogens (tertiary/aromatic N) is 5. The first-order valence-corrected chi connectivity index (χ1v) is 10.9. The summed E-state index contributed by atoms with van der Waals surface area (Å²) in [5.74, 6) is 1.68. The van der Waals surface area contributed by atoms with Gasteiger partial charge < -0.3 is 14.5 Å². The lowest BCUT2D eigenvalue weighted by molar-refractivity contribution is 0.0746. The molecule has 2 aromatic heterocycles. The first kappa shape index (κ1) is 19.4. The van der Waals surface area contributed by atoms with E-state index >= 15 is 0 Å². The number of methoxy groups -OCH3 is 1. The highest BCUT2D eigenvalue weighted by Crippen LogP contribution is 2.34. The predicted molar refractivity (Wildman–Crippen MR) is 122 cm³/mol. The normalized spacial score (nSPS) is 14.1. The molecule has 0 aliphatic carbocycles. The Kier molecular flexibility index (Phi) is 5.21. The second kappa shape index (κ2) is 8.31. The second-order valence-corrected chi connectivity index (χ2v) is 8.05. The van der Waals surface area contributed by atoms with Crippen LogP contribution >= 0.6 is 11.5 Å². The highest BCUT2D eigenvalue weighted by atomic mass is 32.1. The number of piperazine rings is 1. The van der Waals surface area contributed by atoms with Crippen LogP contribution in [0.1, 0.15) is 10.4 Å². The zero-order valence-corrected chi connectivity index (χ0v) is 17.9. The molecule has 0 radical (unpaired) electrons. The minimum Gasteiger partial charge on any atom is -0.497 e. The van der Waals surface area contributed by atoms with Gasteiger partial charge >= 0.3 is 0 Å².